The van der Waals surface area contributed by atoms with E-state index < -0.39 is 5.60 Å². The highest BCUT2D eigenvalue weighted by Gasteiger charge is 2.33. The average Bonchev–Trinajstić information content (AvgIpc) is 2.74. The highest BCUT2D eigenvalue weighted by Crippen LogP contribution is 2.38. The average molecular weight is 234 g/mol. The van der Waals surface area contributed by atoms with Gasteiger partial charge in [0.1, 0.15) is 5.60 Å². The van der Waals surface area contributed by atoms with E-state index in [0.29, 0.717) is 26.1 Å². The summed E-state index contributed by atoms with van der Waals surface area (Å²) in [6.07, 6.45) is 1.42. The van der Waals surface area contributed by atoms with Gasteiger partial charge >= 0.3 is 0 Å². The zero-order valence-corrected chi connectivity index (χ0v) is 9.80. The molecular formula is C13H14O2S. The van der Waals surface area contributed by atoms with Crippen molar-refractivity contribution in [2.24, 2.45) is 0 Å². The van der Waals surface area contributed by atoms with Gasteiger partial charge in [-0.3, -0.25) is 0 Å². The molecule has 0 unspecified atom stereocenters. The molecule has 2 aromatic rings. The number of fused-ring (bicyclic) bond motifs is 1. The van der Waals surface area contributed by atoms with Crippen molar-refractivity contribution < 1.29 is 9.84 Å². The van der Waals surface area contributed by atoms with Gasteiger partial charge in [0, 0.05) is 35.6 Å². The molecule has 1 aliphatic heterocycles. The smallest absolute Gasteiger partial charge is 0.103 e. The largest absolute Gasteiger partial charge is 0.384 e. The Morgan fingerprint density at radius 3 is 2.69 bits per heavy atom. The van der Waals surface area contributed by atoms with Gasteiger partial charge in [0.2, 0.25) is 0 Å². The molecule has 1 aromatic carbocycles. The monoisotopic (exact) mass is 234 g/mol. The summed E-state index contributed by atoms with van der Waals surface area (Å²) in [7, 11) is 0. The van der Waals surface area contributed by atoms with Crippen molar-refractivity contribution in [3.05, 3.63) is 35.2 Å². The van der Waals surface area contributed by atoms with Gasteiger partial charge in [-0.2, -0.15) is 0 Å². The van der Waals surface area contributed by atoms with Gasteiger partial charge in [0.25, 0.3) is 0 Å². The number of rotatable bonds is 1. The number of hydrogen-bond acceptors (Lipinski definition) is 3. The van der Waals surface area contributed by atoms with E-state index >= 15 is 0 Å². The SMILES string of the molecule is OC1(c2cc3ccccc3s2)CCOCC1. The normalized spacial score (nSPS) is 20.1. The van der Waals surface area contributed by atoms with Gasteiger partial charge in [-0.25, -0.2) is 0 Å². The first-order valence-corrected chi connectivity index (χ1v) is 6.39. The highest BCUT2D eigenvalue weighted by atomic mass is 32.1. The first-order chi connectivity index (χ1) is 7.78. The fourth-order valence-corrected chi connectivity index (χ4v) is 3.38. The minimum Gasteiger partial charge on any atom is -0.384 e. The van der Waals surface area contributed by atoms with Crippen molar-refractivity contribution in [3.8, 4) is 0 Å². The Morgan fingerprint density at radius 2 is 1.94 bits per heavy atom. The van der Waals surface area contributed by atoms with Crippen LogP contribution in [0.1, 0.15) is 17.7 Å². The van der Waals surface area contributed by atoms with Crippen molar-refractivity contribution in [3.63, 3.8) is 0 Å². The van der Waals surface area contributed by atoms with Crippen LogP contribution in [0.5, 0.6) is 0 Å². The second kappa shape index (κ2) is 3.84. The Hall–Kier alpha value is -0.900. The molecule has 2 nitrogen and oxygen atoms in total. The minimum atomic E-state index is -0.665. The third-order valence-electron chi connectivity index (χ3n) is 3.20. The van der Waals surface area contributed by atoms with Crippen molar-refractivity contribution in [1.29, 1.82) is 0 Å². The molecule has 84 valence electrons. The molecule has 0 amide bonds. The van der Waals surface area contributed by atoms with Crippen molar-refractivity contribution in [2.45, 2.75) is 18.4 Å². The molecule has 0 atom stereocenters. The second-order valence-corrected chi connectivity index (χ2v) is 5.38. The molecule has 2 heterocycles. The van der Waals surface area contributed by atoms with E-state index in [1.54, 1.807) is 11.3 Å². The Labute approximate surface area is 98.5 Å². The lowest BCUT2D eigenvalue weighted by atomic mass is 9.92. The summed E-state index contributed by atoms with van der Waals surface area (Å²) in [6, 6.07) is 10.4. The van der Waals surface area contributed by atoms with Crippen LogP contribution in [0, 0.1) is 0 Å². The lowest BCUT2D eigenvalue weighted by Crippen LogP contribution is -2.32. The molecule has 1 saturated heterocycles. The molecular weight excluding hydrogens is 220 g/mol. The molecule has 0 aliphatic carbocycles. The maximum atomic E-state index is 10.6. The van der Waals surface area contributed by atoms with E-state index in [-0.39, 0.29) is 0 Å². The fourth-order valence-electron chi connectivity index (χ4n) is 2.17. The summed E-state index contributed by atoms with van der Waals surface area (Å²) < 4.78 is 6.55. The standard InChI is InChI=1S/C13H14O2S/c14-13(5-7-15-8-6-13)12-9-10-3-1-2-4-11(10)16-12/h1-4,9,14H,5-8H2. The van der Waals surface area contributed by atoms with E-state index in [2.05, 4.69) is 18.2 Å². The molecule has 0 radical (unpaired) electrons. The Balaban J connectivity index is 2.04. The molecule has 1 aliphatic rings. The lowest BCUT2D eigenvalue weighted by Gasteiger charge is -2.30. The van der Waals surface area contributed by atoms with Crippen molar-refractivity contribution in [1.82, 2.24) is 0 Å². The van der Waals surface area contributed by atoms with Gasteiger partial charge < -0.3 is 9.84 Å². The number of aliphatic hydroxyl groups is 1. The first kappa shape index (κ1) is 10.3. The van der Waals surface area contributed by atoms with Crippen molar-refractivity contribution in [2.75, 3.05) is 13.2 Å². The molecule has 0 bridgehead atoms. The quantitative estimate of drug-likeness (QED) is 0.822. The van der Waals surface area contributed by atoms with Crippen LogP contribution in [0.15, 0.2) is 30.3 Å². The summed E-state index contributed by atoms with van der Waals surface area (Å²) in [5, 5.41) is 11.8. The van der Waals surface area contributed by atoms with Crippen LogP contribution >= 0.6 is 11.3 Å². The zero-order chi connectivity index (χ0) is 11.0. The Morgan fingerprint density at radius 1 is 1.19 bits per heavy atom. The van der Waals surface area contributed by atoms with Gasteiger partial charge in [0.05, 0.1) is 0 Å². The molecule has 1 fully saturated rings. The molecule has 0 spiro atoms. The van der Waals surface area contributed by atoms with E-state index in [0.717, 1.165) is 4.88 Å². The Bertz CT molecular complexity index is 464. The van der Waals surface area contributed by atoms with Gasteiger partial charge in [-0.05, 0) is 17.5 Å². The predicted molar refractivity (Wildman–Crippen MR) is 65.8 cm³/mol. The number of ether oxygens (including phenoxy) is 1. The van der Waals surface area contributed by atoms with E-state index in [1.807, 2.05) is 12.1 Å². The lowest BCUT2D eigenvalue weighted by molar-refractivity contribution is -0.0655. The molecule has 1 N–H and O–H groups in total. The summed E-state index contributed by atoms with van der Waals surface area (Å²) in [6.45, 7) is 1.31. The van der Waals surface area contributed by atoms with Gasteiger partial charge in [-0.1, -0.05) is 18.2 Å². The summed E-state index contributed by atoms with van der Waals surface area (Å²) in [4.78, 5) is 1.08. The molecule has 1 aromatic heterocycles. The Kier molecular flexibility index (Phi) is 2.46. The topological polar surface area (TPSA) is 29.5 Å². The fraction of sp³-hybridized carbons (Fsp3) is 0.385. The first-order valence-electron chi connectivity index (χ1n) is 5.57. The van der Waals surface area contributed by atoms with E-state index in [1.165, 1.54) is 10.1 Å². The van der Waals surface area contributed by atoms with Crippen LogP contribution in [0.4, 0.5) is 0 Å². The van der Waals surface area contributed by atoms with Crippen LogP contribution < -0.4 is 0 Å². The summed E-state index contributed by atoms with van der Waals surface area (Å²) in [5.74, 6) is 0. The minimum absolute atomic E-state index is 0.657. The van der Waals surface area contributed by atoms with Crippen LogP contribution in [0.2, 0.25) is 0 Å². The van der Waals surface area contributed by atoms with Gasteiger partial charge in [-0.15, -0.1) is 11.3 Å². The molecule has 3 rings (SSSR count). The third-order valence-corrected chi connectivity index (χ3v) is 4.51. The zero-order valence-electron chi connectivity index (χ0n) is 8.98. The van der Waals surface area contributed by atoms with Crippen LogP contribution in [-0.2, 0) is 10.3 Å². The summed E-state index contributed by atoms with van der Waals surface area (Å²) >= 11 is 1.70. The summed E-state index contributed by atoms with van der Waals surface area (Å²) in [5.41, 5.74) is -0.665. The molecule has 16 heavy (non-hydrogen) atoms. The van der Waals surface area contributed by atoms with Crippen molar-refractivity contribution >= 4 is 21.4 Å². The third kappa shape index (κ3) is 1.65. The number of hydrogen-bond donors (Lipinski definition) is 1. The molecule has 0 saturated carbocycles. The number of benzene rings is 1. The van der Waals surface area contributed by atoms with Crippen LogP contribution in [0.25, 0.3) is 10.1 Å². The highest BCUT2D eigenvalue weighted by molar-refractivity contribution is 7.19. The van der Waals surface area contributed by atoms with Gasteiger partial charge in [0.15, 0.2) is 0 Å². The van der Waals surface area contributed by atoms with E-state index in [9.17, 15) is 5.11 Å². The maximum Gasteiger partial charge on any atom is 0.103 e. The second-order valence-electron chi connectivity index (χ2n) is 4.29. The maximum absolute atomic E-state index is 10.6. The molecule has 3 heteroatoms. The van der Waals surface area contributed by atoms with E-state index in [4.69, 9.17) is 4.74 Å². The predicted octanol–water partition coefficient (Wildman–Crippen LogP) is 2.90. The van der Waals surface area contributed by atoms with Crippen LogP contribution in [0.3, 0.4) is 0 Å². The van der Waals surface area contributed by atoms with Crippen LogP contribution in [-0.4, -0.2) is 18.3 Å². The number of thiophene rings is 1.